The molecule has 0 aliphatic heterocycles. The zero-order valence-corrected chi connectivity index (χ0v) is 10.3. The van der Waals surface area contributed by atoms with Crippen LogP contribution < -0.4 is 0 Å². The Labute approximate surface area is 103 Å². The number of aromatic nitrogens is 1. The first kappa shape index (κ1) is 11.1. The SMILES string of the molecule is O=C([Se])c1ccccc1Cc1cccnc1. The summed E-state index contributed by atoms with van der Waals surface area (Å²) < 4.78 is -0.0144. The summed E-state index contributed by atoms with van der Waals surface area (Å²) >= 11 is 2.53. The van der Waals surface area contributed by atoms with Gasteiger partial charge in [0.2, 0.25) is 0 Å². The van der Waals surface area contributed by atoms with Crippen molar-refractivity contribution in [3.05, 3.63) is 65.5 Å². The Morgan fingerprint density at radius 3 is 2.69 bits per heavy atom. The summed E-state index contributed by atoms with van der Waals surface area (Å²) in [6, 6.07) is 11.5. The summed E-state index contributed by atoms with van der Waals surface area (Å²) in [5.74, 6) is 0. The first-order valence-electron chi connectivity index (χ1n) is 4.95. The van der Waals surface area contributed by atoms with Gasteiger partial charge in [0.05, 0.1) is 0 Å². The number of carbonyl (C=O) groups is 1. The predicted octanol–water partition coefficient (Wildman–Crippen LogP) is 1.98. The summed E-state index contributed by atoms with van der Waals surface area (Å²) in [5, 5.41) is 0. The van der Waals surface area contributed by atoms with Gasteiger partial charge in [-0.25, -0.2) is 0 Å². The van der Waals surface area contributed by atoms with Crippen LogP contribution in [0.3, 0.4) is 0 Å². The van der Waals surface area contributed by atoms with Gasteiger partial charge in [-0.05, 0) is 0 Å². The molecule has 0 N–H and O–H groups in total. The number of hydrogen-bond donors (Lipinski definition) is 0. The molecule has 0 spiro atoms. The van der Waals surface area contributed by atoms with E-state index in [9.17, 15) is 4.79 Å². The van der Waals surface area contributed by atoms with Crippen molar-refractivity contribution < 1.29 is 4.79 Å². The van der Waals surface area contributed by atoms with Gasteiger partial charge in [-0.2, -0.15) is 0 Å². The van der Waals surface area contributed by atoms with Gasteiger partial charge in [0.25, 0.3) is 0 Å². The fourth-order valence-corrected chi connectivity index (χ4v) is 2.01. The topological polar surface area (TPSA) is 30.0 Å². The van der Waals surface area contributed by atoms with E-state index in [0.717, 1.165) is 23.1 Å². The van der Waals surface area contributed by atoms with Gasteiger partial charge in [-0.3, -0.25) is 0 Å². The molecule has 2 aromatic rings. The molecule has 0 saturated carbocycles. The summed E-state index contributed by atoms with van der Waals surface area (Å²) in [6.07, 6.45) is 4.30. The Morgan fingerprint density at radius 1 is 1.19 bits per heavy atom. The molecule has 0 aliphatic rings. The summed E-state index contributed by atoms with van der Waals surface area (Å²) in [7, 11) is 0. The first-order chi connectivity index (χ1) is 7.77. The van der Waals surface area contributed by atoms with Crippen LogP contribution in [-0.4, -0.2) is 25.7 Å². The van der Waals surface area contributed by atoms with Crippen LogP contribution in [-0.2, 0) is 6.42 Å². The van der Waals surface area contributed by atoms with Gasteiger partial charge in [-0.1, -0.05) is 0 Å². The number of hydrogen-bond acceptors (Lipinski definition) is 2. The van der Waals surface area contributed by atoms with E-state index in [1.54, 1.807) is 6.20 Å². The number of pyridine rings is 1. The van der Waals surface area contributed by atoms with Crippen molar-refractivity contribution in [2.24, 2.45) is 0 Å². The first-order valence-corrected chi connectivity index (χ1v) is 5.81. The van der Waals surface area contributed by atoms with Crippen LogP contribution in [0.1, 0.15) is 21.5 Å². The van der Waals surface area contributed by atoms with E-state index >= 15 is 0 Å². The maximum atomic E-state index is 11.4. The van der Waals surface area contributed by atoms with Crippen LogP contribution in [0.25, 0.3) is 0 Å². The standard InChI is InChI=1S/C13H10NOSe/c15-13(16)12-6-2-1-5-11(12)8-10-4-3-7-14-9-10/h1-7,9H,8H2. The van der Waals surface area contributed by atoms with Crippen molar-refractivity contribution in [1.82, 2.24) is 4.98 Å². The number of rotatable bonds is 3. The van der Waals surface area contributed by atoms with Crippen LogP contribution in [0.2, 0.25) is 0 Å². The zero-order valence-electron chi connectivity index (χ0n) is 8.59. The van der Waals surface area contributed by atoms with E-state index in [1.807, 2.05) is 42.6 Å². The van der Waals surface area contributed by atoms with Crippen LogP contribution in [0.5, 0.6) is 0 Å². The molecule has 79 valence electrons. The second-order valence-corrected chi connectivity index (χ2v) is 4.26. The van der Waals surface area contributed by atoms with E-state index < -0.39 is 0 Å². The molecule has 1 heterocycles. The Hall–Kier alpha value is -1.44. The number of nitrogens with zero attached hydrogens (tertiary/aromatic N) is 1. The van der Waals surface area contributed by atoms with Crippen LogP contribution in [0.4, 0.5) is 0 Å². The molecule has 2 nitrogen and oxygen atoms in total. The minimum atomic E-state index is -0.0144. The molecule has 16 heavy (non-hydrogen) atoms. The quantitative estimate of drug-likeness (QED) is 0.802. The molecule has 0 unspecified atom stereocenters. The molecular formula is C13H10NOSe. The summed E-state index contributed by atoms with van der Waals surface area (Å²) in [6.45, 7) is 0. The van der Waals surface area contributed by atoms with Gasteiger partial charge in [-0.15, -0.1) is 0 Å². The van der Waals surface area contributed by atoms with Crippen molar-refractivity contribution in [1.29, 1.82) is 0 Å². The van der Waals surface area contributed by atoms with Crippen molar-refractivity contribution in [3.63, 3.8) is 0 Å². The Kier molecular flexibility index (Phi) is 3.50. The van der Waals surface area contributed by atoms with Gasteiger partial charge in [0, 0.05) is 0 Å². The van der Waals surface area contributed by atoms with E-state index in [1.165, 1.54) is 0 Å². The average Bonchev–Trinajstić information content (AvgIpc) is 2.31. The molecule has 0 bridgehead atoms. The molecule has 0 aliphatic carbocycles. The van der Waals surface area contributed by atoms with E-state index in [0.29, 0.717) is 0 Å². The van der Waals surface area contributed by atoms with Crippen LogP contribution in [0, 0.1) is 0 Å². The van der Waals surface area contributed by atoms with Crippen molar-refractivity contribution in [3.8, 4) is 0 Å². The number of carbonyl (C=O) groups excluding carboxylic acids is 1. The second-order valence-electron chi connectivity index (χ2n) is 3.48. The molecule has 0 fully saturated rings. The predicted molar refractivity (Wildman–Crippen MR) is 63.6 cm³/mol. The monoisotopic (exact) mass is 276 g/mol. The maximum absolute atomic E-state index is 11.4. The van der Waals surface area contributed by atoms with Crippen LogP contribution in [0.15, 0.2) is 48.8 Å². The molecule has 1 radical (unpaired) electrons. The summed E-state index contributed by atoms with van der Waals surface area (Å²) in [5.41, 5.74) is 2.88. The fraction of sp³-hybridized carbons (Fsp3) is 0.0769. The van der Waals surface area contributed by atoms with Gasteiger partial charge in [0.1, 0.15) is 0 Å². The van der Waals surface area contributed by atoms with Crippen molar-refractivity contribution >= 4 is 20.7 Å². The zero-order chi connectivity index (χ0) is 11.4. The fourth-order valence-electron chi connectivity index (χ4n) is 1.60. The molecule has 1 aromatic carbocycles. The van der Waals surface area contributed by atoms with Gasteiger partial charge < -0.3 is 0 Å². The molecule has 0 atom stereocenters. The second kappa shape index (κ2) is 5.06. The average molecular weight is 275 g/mol. The third-order valence-corrected chi connectivity index (χ3v) is 2.82. The van der Waals surface area contributed by atoms with Gasteiger partial charge >= 0.3 is 102 Å². The Morgan fingerprint density at radius 2 is 2.00 bits per heavy atom. The third-order valence-electron chi connectivity index (χ3n) is 2.35. The molecule has 2 rings (SSSR count). The third kappa shape index (κ3) is 2.57. The molecule has 0 amide bonds. The Balaban J connectivity index is 2.31. The number of benzene rings is 1. The van der Waals surface area contributed by atoms with Crippen molar-refractivity contribution in [2.45, 2.75) is 6.42 Å². The molecule has 0 saturated heterocycles. The van der Waals surface area contributed by atoms with E-state index in [-0.39, 0.29) is 4.68 Å². The van der Waals surface area contributed by atoms with Crippen molar-refractivity contribution in [2.75, 3.05) is 0 Å². The normalized spacial score (nSPS) is 10.0. The molecule has 1 aromatic heterocycles. The van der Waals surface area contributed by atoms with Crippen LogP contribution >= 0.6 is 0 Å². The van der Waals surface area contributed by atoms with E-state index in [2.05, 4.69) is 21.0 Å². The van der Waals surface area contributed by atoms with Gasteiger partial charge in [0.15, 0.2) is 0 Å². The molecular weight excluding hydrogens is 265 g/mol. The minimum absolute atomic E-state index is 0.0144. The molecule has 3 heteroatoms. The van der Waals surface area contributed by atoms with E-state index in [4.69, 9.17) is 0 Å². The Bertz CT molecular complexity index is 496. The summed E-state index contributed by atoms with van der Waals surface area (Å²) in [4.78, 5) is 15.4.